The molecule has 3 amide bonds. The van der Waals surface area contributed by atoms with Crippen molar-refractivity contribution in [3.8, 4) is 11.8 Å². The first-order valence-electron chi connectivity index (χ1n) is 7.61. The van der Waals surface area contributed by atoms with Gasteiger partial charge in [-0.25, -0.2) is 0 Å². The zero-order chi connectivity index (χ0) is 18.8. The summed E-state index contributed by atoms with van der Waals surface area (Å²) in [7, 11) is 0. The molecule has 0 rings (SSSR count). The first-order valence-corrected chi connectivity index (χ1v) is 8.24. The molecule has 0 bridgehead atoms. The van der Waals surface area contributed by atoms with Crippen LogP contribution in [0.5, 0.6) is 0 Å². The second-order valence-electron chi connectivity index (χ2n) is 5.86. The van der Waals surface area contributed by atoms with Gasteiger partial charge in [0.05, 0.1) is 13.0 Å². The molecule has 7 nitrogen and oxygen atoms in total. The zero-order valence-electron chi connectivity index (χ0n) is 14.3. The summed E-state index contributed by atoms with van der Waals surface area (Å²) in [5.41, 5.74) is -1.11. The van der Waals surface area contributed by atoms with Gasteiger partial charge in [-0.2, -0.15) is 12.6 Å². The average Bonchev–Trinajstić information content (AvgIpc) is 2.56. The molecule has 0 aromatic carbocycles. The number of nitrogens with zero attached hydrogens (tertiary/aromatic N) is 1. The van der Waals surface area contributed by atoms with Crippen molar-refractivity contribution in [3.05, 3.63) is 0 Å². The molecule has 136 valence electrons. The summed E-state index contributed by atoms with van der Waals surface area (Å²) in [4.78, 5) is 37.1. The number of aliphatic hydroxyl groups is 2. The Kier molecular flexibility index (Phi) is 10.4. The summed E-state index contributed by atoms with van der Waals surface area (Å²) >= 11 is 3.97. The number of aliphatic hydroxyl groups excluding tert-OH is 2. The lowest BCUT2D eigenvalue weighted by Crippen LogP contribution is -2.50. The summed E-state index contributed by atoms with van der Waals surface area (Å²) in [6, 6.07) is 0. The van der Waals surface area contributed by atoms with Crippen molar-refractivity contribution in [1.82, 2.24) is 10.2 Å². The molecule has 0 aliphatic heterocycles. The normalized spacial score (nSPS) is 11.9. The highest BCUT2D eigenvalue weighted by Crippen LogP contribution is 2.21. The van der Waals surface area contributed by atoms with Gasteiger partial charge in [-0.3, -0.25) is 19.3 Å². The Hall–Kier alpha value is -1.56. The van der Waals surface area contributed by atoms with Gasteiger partial charge in [-0.05, 0) is 6.92 Å². The fourth-order valence-electron chi connectivity index (χ4n) is 1.68. The van der Waals surface area contributed by atoms with Crippen molar-refractivity contribution in [2.45, 2.75) is 39.7 Å². The fourth-order valence-corrected chi connectivity index (χ4v) is 1.79. The Balaban J connectivity index is 5.10. The number of hydrogen-bond acceptors (Lipinski definition) is 6. The van der Waals surface area contributed by atoms with Gasteiger partial charge in [0.25, 0.3) is 5.91 Å². The molecule has 0 heterocycles. The van der Waals surface area contributed by atoms with E-state index >= 15 is 0 Å². The van der Waals surface area contributed by atoms with Crippen LogP contribution >= 0.6 is 12.6 Å². The number of hydrogen-bond donors (Lipinski definition) is 4. The van der Waals surface area contributed by atoms with Crippen molar-refractivity contribution in [3.63, 3.8) is 0 Å². The van der Waals surface area contributed by atoms with Crippen LogP contribution < -0.4 is 5.32 Å². The van der Waals surface area contributed by atoms with E-state index < -0.39 is 29.9 Å². The molecule has 8 heteroatoms. The summed E-state index contributed by atoms with van der Waals surface area (Å²) in [6.45, 7) is 4.35. The monoisotopic (exact) mass is 358 g/mol. The third-order valence-electron chi connectivity index (χ3n) is 3.36. The van der Waals surface area contributed by atoms with Crippen LogP contribution in [0.3, 0.4) is 0 Å². The summed E-state index contributed by atoms with van der Waals surface area (Å²) < 4.78 is 0. The predicted octanol–water partition coefficient (Wildman–Crippen LogP) is -0.429. The van der Waals surface area contributed by atoms with Crippen LogP contribution in [0, 0.1) is 17.3 Å². The quantitative estimate of drug-likeness (QED) is 0.331. The van der Waals surface area contributed by atoms with E-state index in [0.29, 0.717) is 12.3 Å². The van der Waals surface area contributed by atoms with Gasteiger partial charge in [0.15, 0.2) is 0 Å². The van der Waals surface area contributed by atoms with Gasteiger partial charge in [0, 0.05) is 30.7 Å². The van der Waals surface area contributed by atoms with Crippen LogP contribution in [0.25, 0.3) is 0 Å². The number of nitrogens with one attached hydrogen (secondary N) is 1. The summed E-state index contributed by atoms with van der Waals surface area (Å²) in [5, 5.41) is 22.0. The highest BCUT2D eigenvalue weighted by atomic mass is 32.1. The molecule has 3 N–H and O–H groups in total. The Bertz CT molecular complexity index is 510. The predicted molar refractivity (Wildman–Crippen MR) is 93.1 cm³/mol. The SMILES string of the molecule is CC#CCC(=O)N(CCC(=O)NCCS)C(=O)[C@H](O)C(C)(C)CO. The minimum Gasteiger partial charge on any atom is -0.396 e. The molecule has 0 aromatic rings. The molecule has 1 atom stereocenters. The maximum atomic E-state index is 12.4. The van der Waals surface area contributed by atoms with Crippen LogP contribution in [0.2, 0.25) is 0 Å². The number of carbonyl (C=O) groups is 3. The second kappa shape index (κ2) is 11.1. The highest BCUT2D eigenvalue weighted by Gasteiger charge is 2.37. The third kappa shape index (κ3) is 7.34. The first-order chi connectivity index (χ1) is 11.2. The summed E-state index contributed by atoms with van der Waals surface area (Å²) in [5.74, 6) is 3.83. The van der Waals surface area contributed by atoms with E-state index in [9.17, 15) is 24.6 Å². The Morgan fingerprint density at radius 3 is 2.46 bits per heavy atom. The molecular weight excluding hydrogens is 332 g/mol. The van der Waals surface area contributed by atoms with Crippen molar-refractivity contribution in [2.75, 3.05) is 25.4 Å². The van der Waals surface area contributed by atoms with E-state index in [4.69, 9.17) is 0 Å². The Morgan fingerprint density at radius 1 is 1.33 bits per heavy atom. The van der Waals surface area contributed by atoms with Crippen LogP contribution in [0.4, 0.5) is 0 Å². The van der Waals surface area contributed by atoms with E-state index in [2.05, 4.69) is 29.8 Å². The van der Waals surface area contributed by atoms with E-state index in [1.54, 1.807) is 6.92 Å². The maximum absolute atomic E-state index is 12.4. The van der Waals surface area contributed by atoms with E-state index in [1.807, 2.05) is 0 Å². The number of rotatable bonds is 9. The van der Waals surface area contributed by atoms with Crippen LogP contribution in [0.1, 0.15) is 33.6 Å². The Morgan fingerprint density at radius 2 is 1.96 bits per heavy atom. The molecule has 24 heavy (non-hydrogen) atoms. The van der Waals surface area contributed by atoms with Gasteiger partial charge in [-0.15, -0.1) is 5.92 Å². The average molecular weight is 358 g/mol. The van der Waals surface area contributed by atoms with Crippen LogP contribution in [-0.4, -0.2) is 64.4 Å². The van der Waals surface area contributed by atoms with Crippen LogP contribution in [-0.2, 0) is 14.4 Å². The van der Waals surface area contributed by atoms with Gasteiger partial charge in [0.1, 0.15) is 6.10 Å². The van der Waals surface area contributed by atoms with Crippen molar-refractivity contribution < 1.29 is 24.6 Å². The lowest BCUT2D eigenvalue weighted by Gasteiger charge is -2.31. The largest absolute Gasteiger partial charge is 0.396 e. The number of imide groups is 1. The number of amides is 3. The molecule has 0 saturated carbocycles. The topological polar surface area (TPSA) is 107 Å². The lowest BCUT2D eigenvalue weighted by atomic mass is 9.86. The smallest absolute Gasteiger partial charge is 0.258 e. The molecule has 0 aliphatic carbocycles. The van der Waals surface area contributed by atoms with Crippen molar-refractivity contribution >= 4 is 30.4 Å². The van der Waals surface area contributed by atoms with Gasteiger partial charge in [-0.1, -0.05) is 19.8 Å². The fraction of sp³-hybridized carbons (Fsp3) is 0.688. The molecule has 0 saturated heterocycles. The molecule has 0 radical (unpaired) electrons. The van der Waals surface area contributed by atoms with Gasteiger partial charge in [0.2, 0.25) is 11.8 Å². The minimum atomic E-state index is -1.57. The standard InChI is InChI=1S/C16H26N2O5S/c1-4-5-6-13(21)18(9-7-12(20)17-8-10-24)15(23)14(22)16(2,3)11-19/h14,19,22,24H,6-11H2,1-3H3,(H,17,20)/t14-/m0/s1. The lowest BCUT2D eigenvalue weighted by molar-refractivity contribution is -0.156. The van der Waals surface area contributed by atoms with E-state index in [0.717, 1.165) is 4.90 Å². The van der Waals surface area contributed by atoms with Gasteiger partial charge < -0.3 is 15.5 Å². The molecule has 0 aromatic heterocycles. The second-order valence-corrected chi connectivity index (χ2v) is 6.31. The van der Waals surface area contributed by atoms with Crippen molar-refractivity contribution in [1.29, 1.82) is 0 Å². The molecule has 0 fully saturated rings. The molecule has 0 aliphatic rings. The van der Waals surface area contributed by atoms with E-state index in [1.165, 1.54) is 13.8 Å². The highest BCUT2D eigenvalue weighted by molar-refractivity contribution is 7.80. The molecular formula is C16H26N2O5S. The number of carbonyl (C=O) groups excluding carboxylic acids is 3. The summed E-state index contributed by atoms with van der Waals surface area (Å²) in [6.07, 6.45) is -1.84. The third-order valence-corrected chi connectivity index (χ3v) is 3.59. The maximum Gasteiger partial charge on any atom is 0.258 e. The van der Waals surface area contributed by atoms with Gasteiger partial charge >= 0.3 is 0 Å². The Labute approximate surface area is 148 Å². The number of thiol groups is 1. The van der Waals surface area contributed by atoms with Crippen LogP contribution in [0.15, 0.2) is 0 Å². The van der Waals surface area contributed by atoms with E-state index in [-0.39, 0.29) is 25.3 Å². The zero-order valence-corrected chi connectivity index (χ0v) is 15.2. The molecule has 0 spiro atoms. The molecule has 0 unspecified atom stereocenters. The first kappa shape index (κ1) is 22.4. The van der Waals surface area contributed by atoms with Crippen molar-refractivity contribution in [2.24, 2.45) is 5.41 Å². The minimum absolute atomic E-state index is 0.0862.